The average molecular weight is 807 g/mol. The minimum absolute atomic E-state index is 0.279. The molecular weight excluding hydrogens is 762 g/mol. The van der Waals surface area contributed by atoms with Gasteiger partial charge < -0.3 is 34.3 Å². The Morgan fingerprint density at radius 3 is 1.87 bits per heavy atom. The number of halogens is 1. The fraction of sp³-hybridized carbons (Fsp3) is 0.295. The van der Waals surface area contributed by atoms with E-state index in [2.05, 4.69) is 30.9 Å². The molecule has 7 aromatic rings. The van der Waals surface area contributed by atoms with Crippen LogP contribution in [0.5, 0.6) is 0 Å². The second-order valence-corrected chi connectivity index (χ2v) is 15.1. The number of methoxy groups -OCH3 is 1. The lowest BCUT2D eigenvalue weighted by Gasteiger charge is -2.22. The number of esters is 1. The molecule has 9 rings (SSSR count). The summed E-state index contributed by atoms with van der Waals surface area (Å²) in [6, 6.07) is 19.8. The summed E-state index contributed by atoms with van der Waals surface area (Å²) in [5, 5.41) is 21.1. The smallest absolute Gasteiger partial charge is 0.337 e. The molecule has 0 unspecified atom stereocenters. The lowest BCUT2D eigenvalue weighted by Crippen LogP contribution is -2.05. The third kappa shape index (κ3) is 8.27. The molecular formula is C44H44BrN3O7. The summed E-state index contributed by atoms with van der Waals surface area (Å²) in [6.45, 7) is 0. The highest BCUT2D eigenvalue weighted by molar-refractivity contribution is 9.10. The van der Waals surface area contributed by atoms with Crippen LogP contribution in [0.1, 0.15) is 118 Å². The molecule has 2 saturated carbocycles. The minimum atomic E-state index is -0.891. The van der Waals surface area contributed by atoms with Crippen LogP contribution in [-0.2, 0) is 4.74 Å². The lowest BCUT2D eigenvalue weighted by atomic mass is 9.82. The number of carbonyl (C=O) groups is 3. The van der Waals surface area contributed by atoms with Gasteiger partial charge in [-0.2, -0.15) is 0 Å². The number of fused-ring (bicyclic) bond motifs is 3. The number of carboxylic acids is 2. The van der Waals surface area contributed by atoms with E-state index in [1.54, 1.807) is 43.0 Å². The van der Waals surface area contributed by atoms with Crippen molar-refractivity contribution in [1.82, 2.24) is 15.0 Å². The first kappa shape index (κ1) is 37.8. The molecule has 284 valence electrons. The van der Waals surface area contributed by atoms with E-state index >= 15 is 0 Å². The standard InChI is InChI=1S/C19H19NO3.C16H18BrNO2.C9H7NO2/c21-19(22)13-6-7-16-15(10-13)17(12-4-2-1-3-5-12)18(20-16)14-8-9-23-11-14;1-20-16(19)11-7-8-13-12(9-11)14(15(17)18-13)10-5-3-2-4-6-10;11-9(12)7-1-2-8-6(5-7)3-4-10-8/h6-12,20H,1-5H2,(H,21,22);7-10,18H,2-6H2,1H3;1-5,10H,(H,11,12). The number of hydrogen-bond donors (Lipinski definition) is 5. The van der Waals surface area contributed by atoms with Crippen molar-refractivity contribution in [3.05, 3.63) is 118 Å². The van der Waals surface area contributed by atoms with Crippen molar-refractivity contribution in [3.8, 4) is 11.3 Å². The van der Waals surface area contributed by atoms with Crippen molar-refractivity contribution in [2.75, 3.05) is 7.11 Å². The van der Waals surface area contributed by atoms with E-state index < -0.39 is 11.9 Å². The Kier molecular flexibility index (Phi) is 11.6. The van der Waals surface area contributed by atoms with Crippen LogP contribution in [0.4, 0.5) is 0 Å². The maximum Gasteiger partial charge on any atom is 0.337 e. The molecule has 0 amide bonds. The second kappa shape index (κ2) is 16.9. The zero-order chi connectivity index (χ0) is 38.5. The highest BCUT2D eigenvalue weighted by atomic mass is 79.9. The normalized spacial score (nSPS) is 14.9. The van der Waals surface area contributed by atoms with E-state index in [1.807, 2.05) is 42.5 Å². The Morgan fingerprint density at radius 1 is 0.691 bits per heavy atom. The van der Waals surface area contributed by atoms with Crippen molar-refractivity contribution in [3.63, 3.8) is 0 Å². The first-order chi connectivity index (χ1) is 26.7. The Bertz CT molecular complexity index is 2440. The van der Waals surface area contributed by atoms with E-state index in [0.717, 1.165) is 61.4 Å². The molecule has 2 aliphatic carbocycles. The molecule has 11 heteroatoms. The van der Waals surface area contributed by atoms with Crippen LogP contribution < -0.4 is 0 Å². The SMILES string of the molecule is COC(=O)c1ccc2[nH]c(Br)c(C3CCCCC3)c2c1.O=C(O)c1ccc2[nH]c(-c3ccoc3)c(C3CCCCC3)c2c1.O=C(O)c1ccc2[nH]ccc2c1. The van der Waals surface area contributed by atoms with Crippen molar-refractivity contribution in [2.45, 2.75) is 76.0 Å². The summed E-state index contributed by atoms with van der Waals surface area (Å²) in [6.07, 6.45) is 17.7. The third-order valence-electron chi connectivity index (χ3n) is 10.9. The number of benzene rings is 3. The van der Waals surface area contributed by atoms with Gasteiger partial charge in [0.2, 0.25) is 0 Å². The number of carbonyl (C=O) groups excluding carboxylic acids is 1. The van der Waals surface area contributed by atoms with Crippen LogP contribution >= 0.6 is 15.9 Å². The molecule has 10 nitrogen and oxygen atoms in total. The molecule has 0 spiro atoms. The van der Waals surface area contributed by atoms with Crippen LogP contribution in [0, 0.1) is 0 Å². The number of nitrogens with one attached hydrogen (secondary N) is 3. The van der Waals surface area contributed by atoms with E-state index in [9.17, 15) is 19.5 Å². The van der Waals surface area contributed by atoms with Gasteiger partial charge in [-0.3, -0.25) is 0 Å². The number of H-pyrrole nitrogens is 3. The van der Waals surface area contributed by atoms with Crippen LogP contribution in [0.3, 0.4) is 0 Å². The maximum atomic E-state index is 11.7. The predicted octanol–water partition coefficient (Wildman–Crippen LogP) is 11.8. The van der Waals surface area contributed by atoms with Gasteiger partial charge in [0.05, 0.1) is 46.6 Å². The number of aromatic amines is 3. The summed E-state index contributed by atoms with van der Waals surface area (Å²) in [4.78, 5) is 43.4. The van der Waals surface area contributed by atoms with Gasteiger partial charge in [-0.05, 0) is 131 Å². The molecule has 0 saturated heterocycles. The van der Waals surface area contributed by atoms with Crippen LogP contribution in [0.25, 0.3) is 44.0 Å². The Balaban J connectivity index is 0.000000133. The average Bonchev–Trinajstić information content (AvgIpc) is 4.03. The molecule has 3 aromatic carbocycles. The monoisotopic (exact) mass is 805 g/mol. The van der Waals surface area contributed by atoms with Gasteiger partial charge in [0, 0.05) is 44.5 Å². The molecule has 2 aliphatic rings. The fourth-order valence-electron chi connectivity index (χ4n) is 8.20. The van der Waals surface area contributed by atoms with Crippen molar-refractivity contribution >= 4 is 66.5 Å². The highest BCUT2D eigenvalue weighted by Gasteiger charge is 2.25. The predicted molar refractivity (Wildman–Crippen MR) is 217 cm³/mol. The molecule has 5 N–H and O–H groups in total. The molecule has 0 aliphatic heterocycles. The van der Waals surface area contributed by atoms with E-state index in [-0.39, 0.29) is 5.97 Å². The zero-order valence-corrected chi connectivity index (χ0v) is 32.2. The van der Waals surface area contributed by atoms with Crippen molar-refractivity contribution in [1.29, 1.82) is 0 Å². The van der Waals surface area contributed by atoms with E-state index in [4.69, 9.17) is 14.3 Å². The summed E-state index contributed by atoms with van der Waals surface area (Å²) in [7, 11) is 1.42. The van der Waals surface area contributed by atoms with Gasteiger partial charge in [-0.1, -0.05) is 38.5 Å². The quantitative estimate of drug-likeness (QED) is 0.104. The molecule has 0 radical (unpaired) electrons. The Morgan fingerprint density at radius 2 is 1.25 bits per heavy atom. The number of aromatic nitrogens is 3. The van der Waals surface area contributed by atoms with Gasteiger partial charge >= 0.3 is 17.9 Å². The van der Waals surface area contributed by atoms with Crippen LogP contribution in [0.2, 0.25) is 0 Å². The Hall–Kier alpha value is -5.55. The molecule has 4 heterocycles. The number of rotatable bonds is 6. The van der Waals surface area contributed by atoms with Gasteiger partial charge in [0.15, 0.2) is 0 Å². The largest absolute Gasteiger partial charge is 0.478 e. The van der Waals surface area contributed by atoms with Crippen molar-refractivity contribution in [2.24, 2.45) is 0 Å². The maximum absolute atomic E-state index is 11.7. The first-order valence-electron chi connectivity index (χ1n) is 18.8. The molecule has 0 bridgehead atoms. The second-order valence-electron chi connectivity index (χ2n) is 14.4. The number of ether oxygens (including phenoxy) is 1. The molecule has 0 atom stereocenters. The van der Waals surface area contributed by atoms with Gasteiger partial charge in [0.1, 0.15) is 0 Å². The first-order valence-corrected chi connectivity index (χ1v) is 19.6. The summed E-state index contributed by atoms with van der Waals surface area (Å²) >= 11 is 3.65. The molecule has 55 heavy (non-hydrogen) atoms. The minimum Gasteiger partial charge on any atom is -0.478 e. The van der Waals surface area contributed by atoms with Gasteiger partial charge in [-0.25, -0.2) is 14.4 Å². The highest BCUT2D eigenvalue weighted by Crippen LogP contribution is 2.43. The summed E-state index contributed by atoms with van der Waals surface area (Å²) in [5.41, 5.74) is 8.98. The third-order valence-corrected chi connectivity index (χ3v) is 11.6. The topological polar surface area (TPSA) is 161 Å². The van der Waals surface area contributed by atoms with Crippen molar-refractivity contribution < 1.29 is 33.8 Å². The van der Waals surface area contributed by atoms with Gasteiger partial charge in [0.25, 0.3) is 0 Å². The zero-order valence-electron chi connectivity index (χ0n) is 30.6. The van der Waals surface area contributed by atoms with E-state index in [1.165, 1.54) is 69.6 Å². The molecule has 2 fully saturated rings. The lowest BCUT2D eigenvalue weighted by molar-refractivity contribution is 0.0599. The van der Waals surface area contributed by atoms with Crippen LogP contribution in [0.15, 0.2) is 94.5 Å². The number of furan rings is 1. The number of carboxylic acid groups (broad SMARTS) is 2. The number of aromatic carboxylic acids is 2. The van der Waals surface area contributed by atoms with Gasteiger partial charge in [-0.15, -0.1) is 0 Å². The Labute approximate surface area is 326 Å². The molecule has 4 aromatic heterocycles. The number of hydrogen-bond acceptors (Lipinski definition) is 5. The van der Waals surface area contributed by atoms with E-state index in [0.29, 0.717) is 28.5 Å². The van der Waals surface area contributed by atoms with Crippen LogP contribution in [-0.4, -0.2) is 50.2 Å². The fourth-order valence-corrected chi connectivity index (χ4v) is 8.95. The summed E-state index contributed by atoms with van der Waals surface area (Å²) in [5.74, 6) is -0.990. The summed E-state index contributed by atoms with van der Waals surface area (Å²) < 4.78 is 11.1.